The number of rotatable bonds is 3. The Bertz CT molecular complexity index is 310. The molecule has 0 aliphatic heterocycles. The fourth-order valence-electron chi connectivity index (χ4n) is 1.34. The van der Waals surface area contributed by atoms with Crippen LogP contribution in [-0.2, 0) is 0 Å². The van der Waals surface area contributed by atoms with Gasteiger partial charge < -0.3 is 10.5 Å². The topological polar surface area (TPSA) is 35.2 Å². The highest BCUT2D eigenvalue weighted by Gasteiger charge is 2.10. The van der Waals surface area contributed by atoms with Crippen molar-refractivity contribution in [3.63, 3.8) is 0 Å². The van der Waals surface area contributed by atoms with Gasteiger partial charge in [-0.1, -0.05) is 19.9 Å². The number of hydrogen-bond donors (Lipinski definition) is 2. The van der Waals surface area contributed by atoms with E-state index in [0.29, 0.717) is 5.92 Å². The first kappa shape index (κ1) is 11.4. The molecule has 0 bridgehead atoms. The first-order valence-electron chi connectivity index (χ1n) is 4.67. The summed E-state index contributed by atoms with van der Waals surface area (Å²) in [6.45, 7) is 4.30. The fourth-order valence-corrected chi connectivity index (χ4v) is 1.54. The quantitative estimate of drug-likeness (QED) is 0.595. The van der Waals surface area contributed by atoms with E-state index in [-0.39, 0.29) is 5.37 Å². The Labute approximate surface area is 90.9 Å². The standard InChI is InChI=1S/C11H17NOS/c1-7(2)8-4-5-10(13-3)9(6-8)11(12)14/h4-7,11,14H,12H2,1-3H3. The van der Waals surface area contributed by atoms with E-state index in [9.17, 15) is 0 Å². The molecule has 0 heterocycles. The molecule has 1 unspecified atom stereocenters. The lowest BCUT2D eigenvalue weighted by molar-refractivity contribution is 0.409. The molecule has 14 heavy (non-hydrogen) atoms. The molecule has 0 fully saturated rings. The van der Waals surface area contributed by atoms with E-state index in [1.54, 1.807) is 7.11 Å². The number of ether oxygens (including phenoxy) is 1. The summed E-state index contributed by atoms with van der Waals surface area (Å²) in [6.07, 6.45) is 0. The van der Waals surface area contributed by atoms with Crippen LogP contribution in [0, 0.1) is 0 Å². The lowest BCUT2D eigenvalue weighted by Gasteiger charge is -2.14. The number of methoxy groups -OCH3 is 1. The SMILES string of the molecule is COc1ccc(C(C)C)cc1C(N)S. The molecule has 0 aliphatic rings. The molecule has 1 aromatic carbocycles. The van der Waals surface area contributed by atoms with E-state index >= 15 is 0 Å². The molecular formula is C11H17NOS. The lowest BCUT2D eigenvalue weighted by atomic mass is 10.0. The van der Waals surface area contributed by atoms with Crippen molar-refractivity contribution in [1.29, 1.82) is 0 Å². The minimum Gasteiger partial charge on any atom is -0.496 e. The van der Waals surface area contributed by atoms with Gasteiger partial charge in [-0.15, -0.1) is 0 Å². The van der Waals surface area contributed by atoms with Gasteiger partial charge in [0.05, 0.1) is 12.5 Å². The molecule has 0 saturated carbocycles. The lowest BCUT2D eigenvalue weighted by Crippen LogP contribution is -2.05. The van der Waals surface area contributed by atoms with Gasteiger partial charge >= 0.3 is 0 Å². The Morgan fingerprint density at radius 2 is 2.00 bits per heavy atom. The molecule has 0 spiro atoms. The maximum atomic E-state index is 5.74. The Balaban J connectivity index is 3.14. The second-order valence-corrected chi connectivity index (χ2v) is 4.16. The van der Waals surface area contributed by atoms with Gasteiger partial charge in [-0.25, -0.2) is 0 Å². The van der Waals surface area contributed by atoms with Gasteiger partial charge in [0.15, 0.2) is 0 Å². The molecule has 1 atom stereocenters. The number of hydrogen-bond acceptors (Lipinski definition) is 3. The van der Waals surface area contributed by atoms with Crippen molar-refractivity contribution >= 4 is 12.6 Å². The summed E-state index contributed by atoms with van der Waals surface area (Å²) < 4.78 is 5.21. The van der Waals surface area contributed by atoms with Gasteiger partial charge in [0, 0.05) is 5.56 Å². The van der Waals surface area contributed by atoms with Crippen molar-refractivity contribution in [3.05, 3.63) is 29.3 Å². The van der Waals surface area contributed by atoms with Crippen LogP contribution in [0.25, 0.3) is 0 Å². The highest BCUT2D eigenvalue weighted by Crippen LogP contribution is 2.29. The van der Waals surface area contributed by atoms with Crippen LogP contribution in [0.15, 0.2) is 18.2 Å². The molecule has 0 aromatic heterocycles. The number of thiol groups is 1. The Morgan fingerprint density at radius 3 is 2.43 bits per heavy atom. The molecule has 2 N–H and O–H groups in total. The van der Waals surface area contributed by atoms with E-state index < -0.39 is 0 Å². The maximum absolute atomic E-state index is 5.74. The monoisotopic (exact) mass is 211 g/mol. The van der Waals surface area contributed by atoms with Crippen LogP contribution in [-0.4, -0.2) is 7.11 Å². The van der Waals surface area contributed by atoms with E-state index in [0.717, 1.165) is 11.3 Å². The summed E-state index contributed by atoms with van der Waals surface area (Å²) in [7, 11) is 1.64. The summed E-state index contributed by atoms with van der Waals surface area (Å²) >= 11 is 4.22. The third-order valence-corrected chi connectivity index (χ3v) is 2.52. The van der Waals surface area contributed by atoms with Gasteiger partial charge in [-0.2, -0.15) is 12.6 Å². The predicted molar refractivity (Wildman–Crippen MR) is 63.0 cm³/mol. The van der Waals surface area contributed by atoms with Gasteiger partial charge in [-0.3, -0.25) is 0 Å². The van der Waals surface area contributed by atoms with E-state index in [4.69, 9.17) is 10.5 Å². The fraction of sp³-hybridized carbons (Fsp3) is 0.455. The van der Waals surface area contributed by atoms with Crippen LogP contribution in [0.1, 0.15) is 36.3 Å². The first-order valence-corrected chi connectivity index (χ1v) is 5.19. The Morgan fingerprint density at radius 1 is 1.36 bits per heavy atom. The van der Waals surface area contributed by atoms with Gasteiger partial charge in [0.2, 0.25) is 0 Å². The molecule has 0 aliphatic carbocycles. The average molecular weight is 211 g/mol. The molecule has 78 valence electrons. The summed E-state index contributed by atoms with van der Waals surface area (Å²) in [6, 6.07) is 6.06. The van der Waals surface area contributed by atoms with Crippen molar-refractivity contribution in [1.82, 2.24) is 0 Å². The van der Waals surface area contributed by atoms with Crippen molar-refractivity contribution in [3.8, 4) is 5.75 Å². The van der Waals surface area contributed by atoms with Crippen LogP contribution in [0.2, 0.25) is 0 Å². The van der Waals surface area contributed by atoms with E-state index in [2.05, 4.69) is 38.6 Å². The van der Waals surface area contributed by atoms with Gasteiger partial charge in [0.25, 0.3) is 0 Å². The highest BCUT2D eigenvalue weighted by atomic mass is 32.1. The Hall–Kier alpha value is -0.670. The van der Waals surface area contributed by atoms with E-state index in [1.165, 1.54) is 5.56 Å². The summed E-state index contributed by atoms with van der Waals surface area (Å²) in [5, 5.41) is -0.288. The number of benzene rings is 1. The van der Waals surface area contributed by atoms with E-state index in [1.807, 2.05) is 6.07 Å². The molecule has 1 rings (SSSR count). The third-order valence-electron chi connectivity index (χ3n) is 2.24. The predicted octanol–water partition coefficient (Wildman–Crippen LogP) is 2.71. The summed E-state index contributed by atoms with van der Waals surface area (Å²) in [5.74, 6) is 1.30. The zero-order valence-electron chi connectivity index (χ0n) is 8.82. The van der Waals surface area contributed by atoms with Crippen LogP contribution in [0.5, 0.6) is 5.75 Å². The van der Waals surface area contributed by atoms with Crippen molar-refractivity contribution in [2.24, 2.45) is 5.73 Å². The summed E-state index contributed by atoms with van der Waals surface area (Å²) in [5.41, 5.74) is 7.94. The zero-order chi connectivity index (χ0) is 10.7. The minimum absolute atomic E-state index is 0.288. The maximum Gasteiger partial charge on any atom is 0.124 e. The first-order chi connectivity index (χ1) is 6.56. The second-order valence-electron chi connectivity index (χ2n) is 3.60. The summed E-state index contributed by atoms with van der Waals surface area (Å²) in [4.78, 5) is 0. The molecule has 0 radical (unpaired) electrons. The second kappa shape index (κ2) is 4.71. The number of nitrogens with two attached hydrogens (primary N) is 1. The highest BCUT2D eigenvalue weighted by molar-refractivity contribution is 7.80. The van der Waals surface area contributed by atoms with Crippen LogP contribution >= 0.6 is 12.6 Å². The average Bonchev–Trinajstić information content (AvgIpc) is 2.16. The van der Waals surface area contributed by atoms with Gasteiger partial charge in [-0.05, 0) is 23.6 Å². The minimum atomic E-state index is -0.288. The van der Waals surface area contributed by atoms with Crippen molar-refractivity contribution in [2.45, 2.75) is 25.1 Å². The zero-order valence-corrected chi connectivity index (χ0v) is 9.71. The molecule has 2 nitrogen and oxygen atoms in total. The largest absolute Gasteiger partial charge is 0.496 e. The van der Waals surface area contributed by atoms with Crippen LogP contribution in [0.3, 0.4) is 0 Å². The van der Waals surface area contributed by atoms with Gasteiger partial charge in [0.1, 0.15) is 5.75 Å². The smallest absolute Gasteiger partial charge is 0.124 e. The van der Waals surface area contributed by atoms with Crippen LogP contribution < -0.4 is 10.5 Å². The van der Waals surface area contributed by atoms with Crippen molar-refractivity contribution in [2.75, 3.05) is 7.11 Å². The molecule has 0 amide bonds. The van der Waals surface area contributed by atoms with Crippen molar-refractivity contribution < 1.29 is 4.74 Å². The molecular weight excluding hydrogens is 194 g/mol. The molecule has 3 heteroatoms. The molecule has 1 aromatic rings. The Kier molecular flexibility index (Phi) is 3.84. The molecule has 0 saturated heterocycles. The third kappa shape index (κ3) is 2.42. The van der Waals surface area contributed by atoms with Crippen LogP contribution in [0.4, 0.5) is 0 Å². The normalized spacial score (nSPS) is 13.0.